The number of carbonyl (C=O) groups is 2. The van der Waals surface area contributed by atoms with Crippen LogP contribution in [-0.2, 0) is 4.79 Å². The van der Waals surface area contributed by atoms with E-state index in [-0.39, 0.29) is 5.91 Å². The molecule has 2 aromatic heterocycles. The van der Waals surface area contributed by atoms with Crippen LogP contribution >= 0.6 is 0 Å². The van der Waals surface area contributed by atoms with Crippen LogP contribution in [0, 0.1) is 12.3 Å². The number of alkyl halides is 3. The van der Waals surface area contributed by atoms with Crippen molar-refractivity contribution in [1.82, 2.24) is 19.9 Å². The number of rotatable bonds is 2. The molecule has 2 saturated heterocycles. The average Bonchev–Trinajstić information content (AvgIpc) is 3.18. The summed E-state index contributed by atoms with van der Waals surface area (Å²) in [4.78, 5) is 38.7. The van der Waals surface area contributed by atoms with Crippen molar-refractivity contribution in [3.05, 3.63) is 48.0 Å². The van der Waals surface area contributed by atoms with Crippen molar-refractivity contribution in [1.29, 1.82) is 0 Å². The first-order valence-corrected chi connectivity index (χ1v) is 10.1. The Morgan fingerprint density at radius 3 is 2.19 bits per heavy atom. The number of nitrogens with zero attached hydrogens (tertiary/aromatic N) is 5. The number of pyridine rings is 1. The second kappa shape index (κ2) is 9.49. The number of hydrogen-bond donors (Lipinski definition) is 1. The third-order valence-corrected chi connectivity index (χ3v) is 5.75. The number of likely N-dealkylation sites (tertiary alicyclic amines) is 1. The van der Waals surface area contributed by atoms with Gasteiger partial charge in [-0.1, -0.05) is 0 Å². The lowest BCUT2D eigenvalue weighted by molar-refractivity contribution is -0.192. The van der Waals surface area contributed by atoms with E-state index in [4.69, 9.17) is 9.90 Å². The number of carboxylic acids is 1. The minimum absolute atomic E-state index is 0.0969. The minimum Gasteiger partial charge on any atom is -0.475 e. The maximum Gasteiger partial charge on any atom is 0.490 e. The molecular formula is C21H24F3N5O3. The van der Waals surface area contributed by atoms with Crippen LogP contribution in [0.5, 0.6) is 0 Å². The number of hydrogen-bond acceptors (Lipinski definition) is 6. The van der Waals surface area contributed by atoms with E-state index in [0.717, 1.165) is 57.0 Å². The zero-order valence-electron chi connectivity index (χ0n) is 17.5. The van der Waals surface area contributed by atoms with Gasteiger partial charge in [0.15, 0.2) is 0 Å². The van der Waals surface area contributed by atoms with Crippen molar-refractivity contribution in [3.63, 3.8) is 0 Å². The van der Waals surface area contributed by atoms with Gasteiger partial charge in [0.1, 0.15) is 0 Å². The topological polar surface area (TPSA) is 99.5 Å². The molecule has 2 aromatic rings. The number of amides is 1. The van der Waals surface area contributed by atoms with Crippen LogP contribution in [-0.4, -0.2) is 69.2 Å². The lowest BCUT2D eigenvalue weighted by atomic mass is 9.77. The summed E-state index contributed by atoms with van der Waals surface area (Å²) in [5.74, 6) is -1.83. The third kappa shape index (κ3) is 5.71. The van der Waals surface area contributed by atoms with E-state index in [1.54, 1.807) is 12.4 Å². The van der Waals surface area contributed by atoms with Gasteiger partial charge < -0.3 is 14.9 Å². The van der Waals surface area contributed by atoms with Gasteiger partial charge in [0, 0.05) is 51.0 Å². The van der Waals surface area contributed by atoms with E-state index in [1.165, 1.54) is 0 Å². The molecule has 2 aliphatic heterocycles. The first-order chi connectivity index (χ1) is 15.1. The molecule has 32 heavy (non-hydrogen) atoms. The van der Waals surface area contributed by atoms with Crippen LogP contribution < -0.4 is 4.90 Å². The molecule has 172 valence electrons. The van der Waals surface area contributed by atoms with Crippen molar-refractivity contribution in [2.45, 2.75) is 32.4 Å². The molecule has 2 fully saturated rings. The van der Waals surface area contributed by atoms with Crippen molar-refractivity contribution < 1.29 is 27.9 Å². The van der Waals surface area contributed by atoms with Crippen molar-refractivity contribution in [3.8, 4) is 0 Å². The highest BCUT2D eigenvalue weighted by Gasteiger charge is 2.42. The van der Waals surface area contributed by atoms with Gasteiger partial charge in [0.05, 0.1) is 5.56 Å². The van der Waals surface area contributed by atoms with Gasteiger partial charge >= 0.3 is 12.1 Å². The average molecular weight is 451 g/mol. The highest BCUT2D eigenvalue weighted by Crippen LogP contribution is 2.41. The number of anilines is 1. The number of piperidine rings is 1. The maximum absolute atomic E-state index is 12.6. The molecule has 0 aromatic carbocycles. The van der Waals surface area contributed by atoms with Gasteiger partial charge in [-0.3, -0.25) is 9.78 Å². The largest absolute Gasteiger partial charge is 0.490 e. The smallest absolute Gasteiger partial charge is 0.475 e. The van der Waals surface area contributed by atoms with Crippen LogP contribution in [0.15, 0.2) is 36.9 Å². The Hall–Kier alpha value is -3.24. The Labute approximate surface area is 183 Å². The maximum atomic E-state index is 12.6. The summed E-state index contributed by atoms with van der Waals surface area (Å²) in [5.41, 5.74) is 2.05. The number of aliphatic carboxylic acids is 1. The number of carboxylic acid groups (broad SMARTS) is 1. The summed E-state index contributed by atoms with van der Waals surface area (Å²) in [6.45, 7) is 5.63. The van der Waals surface area contributed by atoms with Gasteiger partial charge in [0.25, 0.3) is 5.91 Å². The predicted molar refractivity (Wildman–Crippen MR) is 109 cm³/mol. The zero-order valence-corrected chi connectivity index (χ0v) is 17.5. The molecule has 4 rings (SSSR count). The fraction of sp³-hybridized carbons (Fsp3) is 0.476. The predicted octanol–water partition coefficient (Wildman–Crippen LogP) is 2.95. The third-order valence-electron chi connectivity index (χ3n) is 5.75. The fourth-order valence-electron chi connectivity index (χ4n) is 3.92. The van der Waals surface area contributed by atoms with Gasteiger partial charge in [-0.25, -0.2) is 14.8 Å². The van der Waals surface area contributed by atoms with Crippen LogP contribution in [0.4, 0.5) is 19.1 Å². The van der Waals surface area contributed by atoms with Crippen molar-refractivity contribution in [2.24, 2.45) is 5.41 Å². The lowest BCUT2D eigenvalue weighted by Gasteiger charge is -2.39. The number of aromatic nitrogens is 3. The minimum atomic E-state index is -5.08. The molecule has 0 bridgehead atoms. The molecule has 2 aliphatic rings. The molecule has 1 N–H and O–H groups in total. The number of carbonyl (C=O) groups excluding carboxylic acids is 1. The Balaban J connectivity index is 0.000000360. The van der Waals surface area contributed by atoms with Crippen LogP contribution in [0.25, 0.3) is 0 Å². The molecule has 0 aliphatic carbocycles. The normalized spacial score (nSPS) is 17.6. The van der Waals surface area contributed by atoms with E-state index in [2.05, 4.69) is 19.9 Å². The van der Waals surface area contributed by atoms with Crippen molar-refractivity contribution >= 4 is 17.8 Å². The van der Waals surface area contributed by atoms with Gasteiger partial charge in [-0.05, 0) is 49.3 Å². The van der Waals surface area contributed by atoms with E-state index in [9.17, 15) is 18.0 Å². The Morgan fingerprint density at radius 1 is 1.06 bits per heavy atom. The molecular weight excluding hydrogens is 427 g/mol. The number of aryl methyl sites for hydroxylation is 1. The van der Waals surface area contributed by atoms with E-state index in [1.807, 2.05) is 36.4 Å². The summed E-state index contributed by atoms with van der Waals surface area (Å²) in [6.07, 6.45) is 5.26. The number of halogens is 3. The van der Waals surface area contributed by atoms with E-state index in [0.29, 0.717) is 11.0 Å². The second-order valence-corrected chi connectivity index (χ2v) is 8.07. The highest BCUT2D eigenvalue weighted by molar-refractivity contribution is 5.93. The Kier molecular flexibility index (Phi) is 6.95. The quantitative estimate of drug-likeness (QED) is 0.749. The summed E-state index contributed by atoms with van der Waals surface area (Å²) < 4.78 is 31.7. The molecule has 0 atom stereocenters. The van der Waals surface area contributed by atoms with Gasteiger partial charge in [-0.15, -0.1) is 0 Å². The SMILES string of the molecule is Cc1cnc(N2CCC3(CCN(C(=O)c4cccnc4)CC3)C2)nc1.O=C(O)C(F)(F)F. The summed E-state index contributed by atoms with van der Waals surface area (Å²) in [7, 11) is 0. The standard InChI is InChI=1S/C19H23N5O.C2HF3O2/c1-15-11-21-18(22-12-15)24-10-6-19(14-24)4-8-23(9-5-19)17(25)16-3-2-7-20-13-16;3-2(4,5)1(6)7/h2-3,7,11-13H,4-6,8-10,14H2,1H3;(H,6,7). The van der Waals surface area contributed by atoms with Crippen LogP contribution in [0.2, 0.25) is 0 Å². The summed E-state index contributed by atoms with van der Waals surface area (Å²) in [6, 6.07) is 3.65. The van der Waals surface area contributed by atoms with Crippen LogP contribution in [0.3, 0.4) is 0 Å². The zero-order chi connectivity index (χ0) is 23.4. The fourth-order valence-corrected chi connectivity index (χ4v) is 3.92. The molecule has 8 nitrogen and oxygen atoms in total. The van der Waals surface area contributed by atoms with Crippen LogP contribution in [0.1, 0.15) is 35.2 Å². The summed E-state index contributed by atoms with van der Waals surface area (Å²) >= 11 is 0. The lowest BCUT2D eigenvalue weighted by Crippen LogP contribution is -2.44. The molecule has 0 unspecified atom stereocenters. The molecule has 4 heterocycles. The van der Waals surface area contributed by atoms with E-state index < -0.39 is 12.1 Å². The molecule has 0 radical (unpaired) electrons. The second-order valence-electron chi connectivity index (χ2n) is 8.07. The van der Waals surface area contributed by atoms with E-state index >= 15 is 0 Å². The van der Waals surface area contributed by atoms with Gasteiger partial charge in [-0.2, -0.15) is 13.2 Å². The monoisotopic (exact) mass is 451 g/mol. The molecule has 1 amide bonds. The molecule has 0 saturated carbocycles. The Morgan fingerprint density at radius 2 is 1.66 bits per heavy atom. The van der Waals surface area contributed by atoms with Gasteiger partial charge in [0.2, 0.25) is 5.95 Å². The first kappa shape index (κ1) is 23.4. The molecule has 11 heteroatoms. The summed E-state index contributed by atoms with van der Waals surface area (Å²) in [5, 5.41) is 7.12. The molecule has 1 spiro atoms. The highest BCUT2D eigenvalue weighted by atomic mass is 19.4. The van der Waals surface area contributed by atoms with Crippen molar-refractivity contribution in [2.75, 3.05) is 31.1 Å². The Bertz CT molecular complexity index is 930. The first-order valence-electron chi connectivity index (χ1n) is 10.1.